The van der Waals surface area contributed by atoms with Crippen molar-refractivity contribution >= 4 is 28.6 Å². The van der Waals surface area contributed by atoms with Gasteiger partial charge in [-0.2, -0.15) is 0 Å². The summed E-state index contributed by atoms with van der Waals surface area (Å²) in [5.74, 6) is -0.166. The lowest BCUT2D eigenvalue weighted by Crippen LogP contribution is -2.32. The third-order valence-corrected chi connectivity index (χ3v) is 5.20. The molecule has 2 aromatic rings. The zero-order valence-electron chi connectivity index (χ0n) is 12.5. The summed E-state index contributed by atoms with van der Waals surface area (Å²) < 4.78 is 6.43. The minimum Gasteiger partial charge on any atom is -0.497 e. The maximum Gasteiger partial charge on any atom is 0.310 e. The zero-order chi connectivity index (χ0) is 15.9. The molecule has 114 valence electrons. The van der Waals surface area contributed by atoms with Crippen LogP contribution in [0, 0.1) is 8.99 Å². The molecule has 0 saturated heterocycles. The van der Waals surface area contributed by atoms with E-state index in [0.29, 0.717) is 6.42 Å². The third-order valence-electron chi connectivity index (χ3n) is 4.53. The second-order valence-electron chi connectivity index (χ2n) is 5.95. The topological polar surface area (TPSA) is 46.5 Å². The van der Waals surface area contributed by atoms with Crippen molar-refractivity contribution in [3.05, 3.63) is 62.7 Å². The van der Waals surface area contributed by atoms with E-state index in [4.69, 9.17) is 4.74 Å². The van der Waals surface area contributed by atoms with E-state index in [1.165, 1.54) is 0 Å². The minimum absolute atomic E-state index is 0.162. The van der Waals surface area contributed by atoms with Gasteiger partial charge in [0.2, 0.25) is 0 Å². The van der Waals surface area contributed by atoms with Crippen LogP contribution in [0.2, 0.25) is 0 Å². The maximum absolute atomic E-state index is 12.0. The Morgan fingerprint density at radius 2 is 2.09 bits per heavy atom. The van der Waals surface area contributed by atoms with Crippen molar-refractivity contribution in [1.29, 1.82) is 0 Å². The summed E-state index contributed by atoms with van der Waals surface area (Å²) in [6, 6.07) is 13.9. The monoisotopic (exact) mass is 408 g/mol. The standard InChI is InChI=1S/C18H17IO3/c1-18(17(20)21)10-12-6-7-13(19)9-15(12)16(18)11-4-3-5-14(8-11)22-2/h3-9,16H,10H2,1-2H3,(H,20,21)/t16-,18+/m0/s1. The number of hydrogen-bond acceptors (Lipinski definition) is 2. The lowest BCUT2D eigenvalue weighted by molar-refractivity contribution is -0.148. The van der Waals surface area contributed by atoms with E-state index in [1.807, 2.05) is 37.3 Å². The van der Waals surface area contributed by atoms with Crippen LogP contribution in [0.1, 0.15) is 29.5 Å². The second kappa shape index (κ2) is 5.57. The highest BCUT2D eigenvalue weighted by molar-refractivity contribution is 14.1. The van der Waals surface area contributed by atoms with Gasteiger partial charge in [-0.25, -0.2) is 0 Å². The van der Waals surface area contributed by atoms with E-state index < -0.39 is 11.4 Å². The van der Waals surface area contributed by atoms with E-state index in [0.717, 1.165) is 26.0 Å². The number of benzene rings is 2. The highest BCUT2D eigenvalue weighted by Gasteiger charge is 2.49. The molecule has 0 bridgehead atoms. The number of carboxylic acids is 1. The van der Waals surface area contributed by atoms with Crippen molar-refractivity contribution in [2.75, 3.05) is 7.11 Å². The quantitative estimate of drug-likeness (QED) is 0.779. The van der Waals surface area contributed by atoms with Crippen LogP contribution in [-0.2, 0) is 11.2 Å². The highest BCUT2D eigenvalue weighted by atomic mass is 127. The van der Waals surface area contributed by atoms with Crippen molar-refractivity contribution in [2.45, 2.75) is 19.3 Å². The van der Waals surface area contributed by atoms with Gasteiger partial charge in [0.25, 0.3) is 0 Å². The van der Waals surface area contributed by atoms with Crippen molar-refractivity contribution in [3.8, 4) is 5.75 Å². The molecule has 2 aromatic carbocycles. The normalized spacial score (nSPS) is 23.1. The Balaban J connectivity index is 2.20. The number of methoxy groups -OCH3 is 1. The average molecular weight is 408 g/mol. The largest absolute Gasteiger partial charge is 0.497 e. The molecule has 3 nitrogen and oxygen atoms in total. The van der Waals surface area contributed by atoms with Gasteiger partial charge in [0.1, 0.15) is 5.75 Å². The van der Waals surface area contributed by atoms with Crippen LogP contribution in [0.25, 0.3) is 0 Å². The summed E-state index contributed by atoms with van der Waals surface area (Å²) in [7, 11) is 1.63. The van der Waals surface area contributed by atoms with E-state index in [1.54, 1.807) is 7.11 Å². The molecule has 1 aliphatic carbocycles. The van der Waals surface area contributed by atoms with Crippen molar-refractivity contribution < 1.29 is 14.6 Å². The smallest absolute Gasteiger partial charge is 0.310 e. The molecule has 1 N–H and O–H groups in total. The third kappa shape index (κ3) is 2.39. The summed E-state index contributed by atoms with van der Waals surface area (Å²) in [6.07, 6.45) is 0.552. The van der Waals surface area contributed by atoms with Crippen molar-refractivity contribution in [3.63, 3.8) is 0 Å². The number of carboxylic acid groups (broad SMARTS) is 1. The van der Waals surface area contributed by atoms with Gasteiger partial charge < -0.3 is 9.84 Å². The Morgan fingerprint density at radius 1 is 1.32 bits per heavy atom. The molecule has 0 aliphatic heterocycles. The van der Waals surface area contributed by atoms with Crippen LogP contribution in [0.5, 0.6) is 5.75 Å². The van der Waals surface area contributed by atoms with Gasteiger partial charge in [0.15, 0.2) is 0 Å². The number of fused-ring (bicyclic) bond motifs is 1. The second-order valence-corrected chi connectivity index (χ2v) is 7.20. The van der Waals surface area contributed by atoms with Crippen LogP contribution < -0.4 is 4.74 Å². The molecule has 0 amide bonds. The summed E-state index contributed by atoms with van der Waals surface area (Å²) in [4.78, 5) is 12.0. The van der Waals surface area contributed by atoms with E-state index >= 15 is 0 Å². The summed E-state index contributed by atoms with van der Waals surface area (Å²) in [5, 5.41) is 9.84. The highest BCUT2D eigenvalue weighted by Crippen LogP contribution is 2.51. The van der Waals surface area contributed by atoms with Crippen molar-refractivity contribution in [2.24, 2.45) is 5.41 Å². The van der Waals surface area contributed by atoms with Crippen LogP contribution in [-0.4, -0.2) is 18.2 Å². The molecular weight excluding hydrogens is 391 g/mol. The molecule has 0 aromatic heterocycles. The Morgan fingerprint density at radius 3 is 2.77 bits per heavy atom. The molecule has 0 radical (unpaired) electrons. The average Bonchev–Trinajstić information content (AvgIpc) is 2.80. The van der Waals surface area contributed by atoms with Gasteiger partial charge in [-0.05, 0) is 76.9 Å². The Hall–Kier alpha value is -1.56. The summed E-state index contributed by atoms with van der Waals surface area (Å²) >= 11 is 2.27. The molecule has 3 rings (SSSR count). The number of rotatable bonds is 3. The lowest BCUT2D eigenvalue weighted by Gasteiger charge is -2.28. The van der Waals surface area contributed by atoms with Gasteiger partial charge in [0, 0.05) is 9.49 Å². The predicted molar refractivity (Wildman–Crippen MR) is 93.4 cm³/mol. The van der Waals surface area contributed by atoms with Crippen LogP contribution in [0.15, 0.2) is 42.5 Å². The fourth-order valence-electron chi connectivity index (χ4n) is 3.40. The van der Waals surface area contributed by atoms with Gasteiger partial charge in [0.05, 0.1) is 12.5 Å². The number of hydrogen-bond donors (Lipinski definition) is 1. The molecule has 4 heteroatoms. The number of ether oxygens (including phenoxy) is 1. The first-order valence-corrected chi connectivity index (χ1v) is 8.19. The molecule has 1 aliphatic rings. The Bertz CT molecular complexity index is 741. The molecule has 22 heavy (non-hydrogen) atoms. The zero-order valence-corrected chi connectivity index (χ0v) is 14.6. The van der Waals surface area contributed by atoms with Gasteiger partial charge >= 0.3 is 5.97 Å². The molecule has 0 saturated carbocycles. The van der Waals surface area contributed by atoms with E-state index in [2.05, 4.69) is 34.7 Å². The Kier molecular flexibility index (Phi) is 3.89. The number of halogens is 1. The van der Waals surface area contributed by atoms with Crippen LogP contribution in [0.3, 0.4) is 0 Å². The fourth-order valence-corrected chi connectivity index (χ4v) is 3.92. The van der Waals surface area contributed by atoms with Gasteiger partial charge in [-0.15, -0.1) is 0 Å². The lowest BCUT2D eigenvalue weighted by atomic mass is 9.74. The molecular formula is C18H17IO3. The molecule has 0 unspecified atom stereocenters. The predicted octanol–water partition coefficient (Wildman–Crippen LogP) is 4.08. The SMILES string of the molecule is COc1cccc([C@H]2c3cc(I)ccc3C[C@@]2(C)C(=O)O)c1. The molecule has 0 spiro atoms. The number of aliphatic carboxylic acids is 1. The first-order valence-electron chi connectivity index (χ1n) is 7.11. The Labute approximate surface area is 143 Å². The molecule has 2 atom stereocenters. The maximum atomic E-state index is 12.0. The summed E-state index contributed by atoms with van der Waals surface area (Å²) in [6.45, 7) is 1.84. The molecule has 0 heterocycles. The minimum atomic E-state index is -0.834. The first kappa shape index (κ1) is 15.3. The van der Waals surface area contributed by atoms with E-state index in [-0.39, 0.29) is 5.92 Å². The van der Waals surface area contributed by atoms with E-state index in [9.17, 15) is 9.90 Å². The summed E-state index contributed by atoms with van der Waals surface area (Å²) in [5.41, 5.74) is 2.40. The molecule has 0 fully saturated rings. The number of carbonyl (C=O) groups is 1. The van der Waals surface area contributed by atoms with Crippen molar-refractivity contribution in [1.82, 2.24) is 0 Å². The fraction of sp³-hybridized carbons (Fsp3) is 0.278. The van der Waals surface area contributed by atoms with Gasteiger partial charge in [-0.3, -0.25) is 4.79 Å². The van der Waals surface area contributed by atoms with Crippen LogP contribution in [0.4, 0.5) is 0 Å². The van der Waals surface area contributed by atoms with Gasteiger partial charge in [-0.1, -0.05) is 18.2 Å². The first-order chi connectivity index (χ1) is 10.5. The van der Waals surface area contributed by atoms with Crippen LogP contribution >= 0.6 is 22.6 Å².